The smallest absolute Gasteiger partial charge is 0.0772 e. The van der Waals surface area contributed by atoms with E-state index in [-0.39, 0.29) is 5.60 Å². The highest BCUT2D eigenvalue weighted by molar-refractivity contribution is 8.00. The largest absolute Gasteiger partial charge is 0.373 e. The lowest BCUT2D eigenvalue weighted by Crippen LogP contribution is -2.46. The van der Waals surface area contributed by atoms with Crippen LogP contribution in [0.3, 0.4) is 0 Å². The van der Waals surface area contributed by atoms with E-state index >= 15 is 0 Å². The Morgan fingerprint density at radius 2 is 2.36 bits per heavy atom. The van der Waals surface area contributed by atoms with E-state index in [4.69, 9.17) is 4.74 Å². The van der Waals surface area contributed by atoms with Crippen molar-refractivity contribution >= 4 is 11.8 Å². The van der Waals surface area contributed by atoms with E-state index in [1.165, 1.54) is 31.4 Å². The molecule has 1 nitrogen and oxygen atoms in total. The molecule has 1 aliphatic heterocycles. The van der Waals surface area contributed by atoms with E-state index in [1.54, 1.807) is 0 Å². The van der Waals surface area contributed by atoms with Gasteiger partial charge in [0.05, 0.1) is 12.2 Å². The molecule has 2 heteroatoms. The lowest BCUT2D eigenvalue weighted by Gasteiger charge is -2.44. The van der Waals surface area contributed by atoms with E-state index in [2.05, 4.69) is 18.7 Å². The number of hydrogen-bond acceptors (Lipinski definition) is 2. The van der Waals surface area contributed by atoms with Crippen molar-refractivity contribution < 1.29 is 4.74 Å². The Bertz CT molecular complexity index is 134. The molecule has 1 saturated heterocycles. The van der Waals surface area contributed by atoms with E-state index in [0.29, 0.717) is 0 Å². The van der Waals surface area contributed by atoms with Crippen LogP contribution in [0.5, 0.6) is 0 Å². The van der Waals surface area contributed by atoms with Gasteiger partial charge in [0.2, 0.25) is 0 Å². The predicted molar refractivity (Wildman–Crippen MR) is 49.1 cm³/mol. The molecule has 1 aliphatic carbocycles. The monoisotopic (exact) mass is 172 g/mol. The van der Waals surface area contributed by atoms with Crippen molar-refractivity contribution in [1.82, 2.24) is 0 Å². The fourth-order valence-corrected chi connectivity index (χ4v) is 3.50. The van der Waals surface area contributed by atoms with Crippen molar-refractivity contribution in [2.45, 2.75) is 43.5 Å². The second-order valence-electron chi connectivity index (χ2n) is 3.77. The van der Waals surface area contributed by atoms with Gasteiger partial charge in [-0.3, -0.25) is 0 Å². The molecule has 2 atom stereocenters. The first kappa shape index (κ1) is 7.93. The van der Waals surface area contributed by atoms with Crippen LogP contribution >= 0.6 is 11.8 Å². The summed E-state index contributed by atoms with van der Waals surface area (Å²) in [5.41, 5.74) is 0.237. The maximum absolute atomic E-state index is 5.85. The molecule has 2 aliphatic rings. The second kappa shape index (κ2) is 2.98. The standard InChI is InChI=1S/C9H16OS/c1-9-5-3-2-4-8(9)11-7-6-10-9/h8H,2-7H2,1H3/t8-,9-/m0/s1. The Hall–Kier alpha value is 0.310. The molecule has 0 bridgehead atoms. The van der Waals surface area contributed by atoms with Gasteiger partial charge in [-0.1, -0.05) is 12.8 Å². The maximum atomic E-state index is 5.85. The Kier molecular flexibility index (Phi) is 2.15. The molecule has 0 aromatic heterocycles. The van der Waals surface area contributed by atoms with E-state index in [0.717, 1.165) is 11.9 Å². The highest BCUT2D eigenvalue weighted by Gasteiger charge is 2.39. The Balaban J connectivity index is 2.06. The van der Waals surface area contributed by atoms with Crippen LogP contribution in [-0.2, 0) is 4.74 Å². The van der Waals surface area contributed by atoms with Crippen LogP contribution in [0, 0.1) is 0 Å². The molecule has 11 heavy (non-hydrogen) atoms. The van der Waals surface area contributed by atoms with Gasteiger partial charge < -0.3 is 4.74 Å². The molecule has 2 fully saturated rings. The molecule has 2 rings (SSSR count). The van der Waals surface area contributed by atoms with Gasteiger partial charge >= 0.3 is 0 Å². The molecule has 0 unspecified atom stereocenters. The lowest BCUT2D eigenvalue weighted by molar-refractivity contribution is -0.0499. The van der Waals surface area contributed by atoms with E-state index < -0.39 is 0 Å². The van der Waals surface area contributed by atoms with Gasteiger partial charge in [-0.25, -0.2) is 0 Å². The van der Waals surface area contributed by atoms with Gasteiger partial charge in [0.25, 0.3) is 0 Å². The first-order valence-electron chi connectivity index (χ1n) is 4.57. The van der Waals surface area contributed by atoms with Crippen molar-refractivity contribution in [3.8, 4) is 0 Å². The summed E-state index contributed by atoms with van der Waals surface area (Å²) in [6.45, 7) is 3.26. The topological polar surface area (TPSA) is 9.23 Å². The summed E-state index contributed by atoms with van der Waals surface area (Å²) in [6.07, 6.45) is 5.44. The normalized spacial score (nSPS) is 45.0. The zero-order valence-corrected chi connectivity index (χ0v) is 7.95. The third kappa shape index (κ3) is 1.43. The van der Waals surface area contributed by atoms with Gasteiger partial charge in [0.15, 0.2) is 0 Å². The van der Waals surface area contributed by atoms with Crippen LogP contribution < -0.4 is 0 Å². The summed E-state index contributed by atoms with van der Waals surface area (Å²) in [5.74, 6) is 1.21. The SMILES string of the molecule is C[C@]12CCCC[C@@H]1SCCO2. The molecule has 0 aromatic rings. The molecule has 1 heterocycles. The third-order valence-corrected chi connectivity index (χ3v) is 4.44. The fraction of sp³-hybridized carbons (Fsp3) is 1.00. The Morgan fingerprint density at radius 1 is 1.45 bits per heavy atom. The average molecular weight is 172 g/mol. The zero-order valence-electron chi connectivity index (χ0n) is 7.14. The molecule has 0 N–H and O–H groups in total. The van der Waals surface area contributed by atoms with E-state index in [9.17, 15) is 0 Å². The minimum Gasteiger partial charge on any atom is -0.373 e. The lowest BCUT2D eigenvalue weighted by atomic mass is 9.85. The summed E-state index contributed by atoms with van der Waals surface area (Å²) >= 11 is 2.12. The quantitative estimate of drug-likeness (QED) is 0.555. The molecule has 1 saturated carbocycles. The summed E-state index contributed by atoms with van der Waals surface area (Å²) in [5, 5.41) is 0.796. The Labute approximate surface area is 72.9 Å². The van der Waals surface area contributed by atoms with Gasteiger partial charge in [-0.2, -0.15) is 11.8 Å². The molecule has 0 aromatic carbocycles. The van der Waals surface area contributed by atoms with Crippen molar-refractivity contribution in [2.24, 2.45) is 0 Å². The highest BCUT2D eigenvalue weighted by atomic mass is 32.2. The van der Waals surface area contributed by atoms with Crippen molar-refractivity contribution in [2.75, 3.05) is 12.4 Å². The molecule has 64 valence electrons. The van der Waals surface area contributed by atoms with Crippen LogP contribution in [0.25, 0.3) is 0 Å². The highest BCUT2D eigenvalue weighted by Crippen LogP contribution is 2.41. The number of hydrogen-bond donors (Lipinski definition) is 0. The number of ether oxygens (including phenoxy) is 1. The minimum absolute atomic E-state index is 0.237. The summed E-state index contributed by atoms with van der Waals surface area (Å²) in [4.78, 5) is 0. The van der Waals surface area contributed by atoms with Gasteiger partial charge in [-0.05, 0) is 19.8 Å². The number of thioether (sulfide) groups is 1. The van der Waals surface area contributed by atoms with Crippen molar-refractivity contribution in [3.05, 3.63) is 0 Å². The van der Waals surface area contributed by atoms with Gasteiger partial charge in [0, 0.05) is 11.0 Å². The number of rotatable bonds is 0. The van der Waals surface area contributed by atoms with Crippen molar-refractivity contribution in [3.63, 3.8) is 0 Å². The average Bonchev–Trinajstić information content (AvgIpc) is 2.03. The summed E-state index contributed by atoms with van der Waals surface area (Å²) in [7, 11) is 0. The molecule has 0 radical (unpaired) electrons. The minimum atomic E-state index is 0.237. The van der Waals surface area contributed by atoms with Crippen LogP contribution in [0.1, 0.15) is 32.6 Å². The summed E-state index contributed by atoms with van der Waals surface area (Å²) in [6, 6.07) is 0. The number of fused-ring (bicyclic) bond motifs is 1. The van der Waals surface area contributed by atoms with Crippen LogP contribution in [0.15, 0.2) is 0 Å². The molecular weight excluding hydrogens is 156 g/mol. The first-order chi connectivity index (χ1) is 5.31. The van der Waals surface area contributed by atoms with Crippen LogP contribution in [-0.4, -0.2) is 23.2 Å². The van der Waals surface area contributed by atoms with E-state index in [1.807, 2.05) is 0 Å². The molecule has 0 spiro atoms. The van der Waals surface area contributed by atoms with Crippen LogP contribution in [0.2, 0.25) is 0 Å². The second-order valence-corrected chi connectivity index (χ2v) is 5.08. The third-order valence-electron chi connectivity index (χ3n) is 2.90. The first-order valence-corrected chi connectivity index (χ1v) is 5.62. The molecule has 0 amide bonds. The van der Waals surface area contributed by atoms with Crippen molar-refractivity contribution in [1.29, 1.82) is 0 Å². The van der Waals surface area contributed by atoms with Gasteiger partial charge in [-0.15, -0.1) is 0 Å². The molecular formula is C9H16OS. The predicted octanol–water partition coefficient (Wildman–Crippen LogP) is 2.45. The van der Waals surface area contributed by atoms with Gasteiger partial charge in [0.1, 0.15) is 0 Å². The van der Waals surface area contributed by atoms with Crippen LogP contribution in [0.4, 0.5) is 0 Å². The maximum Gasteiger partial charge on any atom is 0.0772 e. The Morgan fingerprint density at radius 3 is 3.18 bits per heavy atom. The fourth-order valence-electron chi connectivity index (χ4n) is 2.16. The zero-order chi connectivity index (χ0) is 7.73. The summed E-state index contributed by atoms with van der Waals surface area (Å²) < 4.78 is 5.85.